The van der Waals surface area contributed by atoms with E-state index in [1.54, 1.807) is 42.6 Å². The van der Waals surface area contributed by atoms with Crippen LogP contribution in [0.3, 0.4) is 0 Å². The highest BCUT2D eigenvalue weighted by atomic mass is 19.1. The van der Waals surface area contributed by atoms with Gasteiger partial charge in [0, 0.05) is 29.1 Å². The number of amides is 1. The average Bonchev–Trinajstić information content (AvgIpc) is 3.66. The van der Waals surface area contributed by atoms with E-state index >= 15 is 0 Å². The van der Waals surface area contributed by atoms with Crippen LogP contribution in [0.25, 0.3) is 10.8 Å². The van der Waals surface area contributed by atoms with E-state index in [-0.39, 0.29) is 30.0 Å². The monoisotopic (exact) mass is 440 g/mol. The van der Waals surface area contributed by atoms with Crippen molar-refractivity contribution in [3.8, 4) is 0 Å². The minimum absolute atomic E-state index is 0.0143. The standard InChI is InChI=1S/C27H21FN2O3/c28-25-21-11-12-29-15-20(21)9-10-24(25)30-26(31)23-14-22(23)18-7-4-8-19(13-18)27(32)33-16-17-5-2-1-3-6-17/h1-13,15,22-23H,14,16H2,(H,30,31)/t22-,23+/m0/s1. The van der Waals surface area contributed by atoms with E-state index in [4.69, 9.17) is 4.74 Å². The van der Waals surface area contributed by atoms with Crippen molar-refractivity contribution in [1.29, 1.82) is 0 Å². The third-order valence-corrected chi connectivity index (χ3v) is 5.90. The van der Waals surface area contributed by atoms with Crippen molar-refractivity contribution < 1.29 is 18.7 Å². The first-order valence-corrected chi connectivity index (χ1v) is 10.7. The van der Waals surface area contributed by atoms with Gasteiger partial charge in [0.25, 0.3) is 0 Å². The number of rotatable bonds is 6. The average molecular weight is 440 g/mol. The van der Waals surface area contributed by atoms with Crippen molar-refractivity contribution >= 4 is 28.3 Å². The van der Waals surface area contributed by atoms with Crippen LogP contribution in [0.1, 0.15) is 33.8 Å². The molecule has 1 N–H and O–H groups in total. The van der Waals surface area contributed by atoms with Gasteiger partial charge in [-0.25, -0.2) is 9.18 Å². The van der Waals surface area contributed by atoms with Crippen molar-refractivity contribution in [2.45, 2.75) is 18.9 Å². The Bertz CT molecular complexity index is 1340. The molecular formula is C27H21FN2O3. The Balaban J connectivity index is 1.23. The molecule has 0 radical (unpaired) electrons. The molecule has 0 aliphatic heterocycles. The van der Waals surface area contributed by atoms with Gasteiger partial charge >= 0.3 is 5.97 Å². The first kappa shape index (κ1) is 20.8. The summed E-state index contributed by atoms with van der Waals surface area (Å²) in [7, 11) is 0. The Morgan fingerprint density at radius 1 is 1.03 bits per heavy atom. The summed E-state index contributed by atoms with van der Waals surface area (Å²) < 4.78 is 20.2. The number of nitrogens with one attached hydrogen (secondary N) is 1. The second-order valence-corrected chi connectivity index (χ2v) is 8.15. The molecule has 0 unspecified atom stereocenters. The number of hydrogen-bond acceptors (Lipinski definition) is 4. The van der Waals surface area contributed by atoms with Gasteiger partial charge in [-0.1, -0.05) is 48.5 Å². The summed E-state index contributed by atoms with van der Waals surface area (Å²) in [6.07, 6.45) is 3.75. The number of benzene rings is 3. The van der Waals surface area contributed by atoms with Gasteiger partial charge in [0.2, 0.25) is 5.91 Å². The minimum atomic E-state index is -0.469. The topological polar surface area (TPSA) is 68.3 Å². The molecule has 1 amide bonds. The summed E-state index contributed by atoms with van der Waals surface area (Å²) in [5, 5.41) is 3.80. The molecular weight excluding hydrogens is 419 g/mol. The van der Waals surface area contributed by atoms with Gasteiger partial charge in [-0.2, -0.15) is 0 Å². The lowest BCUT2D eigenvalue weighted by Crippen LogP contribution is -2.15. The fourth-order valence-corrected chi connectivity index (χ4v) is 4.01. The molecule has 164 valence electrons. The Morgan fingerprint density at radius 3 is 2.73 bits per heavy atom. The van der Waals surface area contributed by atoms with Gasteiger partial charge in [0.15, 0.2) is 5.82 Å². The third-order valence-electron chi connectivity index (χ3n) is 5.90. The molecule has 1 saturated carbocycles. The molecule has 3 aromatic carbocycles. The van der Waals surface area contributed by atoms with E-state index in [0.717, 1.165) is 11.1 Å². The van der Waals surface area contributed by atoms with Crippen LogP contribution in [0.15, 0.2) is 85.2 Å². The van der Waals surface area contributed by atoms with Gasteiger partial charge < -0.3 is 10.1 Å². The Morgan fingerprint density at radius 2 is 1.88 bits per heavy atom. The second kappa shape index (κ2) is 8.82. The molecule has 33 heavy (non-hydrogen) atoms. The minimum Gasteiger partial charge on any atom is -0.457 e. The van der Waals surface area contributed by atoms with Crippen LogP contribution in [-0.2, 0) is 16.1 Å². The molecule has 1 heterocycles. The van der Waals surface area contributed by atoms with Gasteiger partial charge in [-0.05, 0) is 47.7 Å². The van der Waals surface area contributed by atoms with Gasteiger partial charge in [-0.3, -0.25) is 9.78 Å². The maximum Gasteiger partial charge on any atom is 0.338 e. The van der Waals surface area contributed by atoms with E-state index in [1.807, 2.05) is 36.4 Å². The number of aromatic nitrogens is 1. The molecule has 0 spiro atoms. The van der Waals surface area contributed by atoms with E-state index < -0.39 is 11.8 Å². The number of carbonyl (C=O) groups excluding carboxylic acids is 2. The van der Waals surface area contributed by atoms with Crippen molar-refractivity contribution in [1.82, 2.24) is 4.98 Å². The summed E-state index contributed by atoms with van der Waals surface area (Å²) in [6, 6.07) is 21.5. The molecule has 5 nitrogen and oxygen atoms in total. The zero-order valence-corrected chi connectivity index (χ0v) is 17.7. The van der Waals surface area contributed by atoms with E-state index in [0.29, 0.717) is 22.8 Å². The lowest BCUT2D eigenvalue weighted by Gasteiger charge is -2.09. The summed E-state index contributed by atoms with van der Waals surface area (Å²) in [6.45, 7) is 0.200. The lowest BCUT2D eigenvalue weighted by atomic mass is 10.1. The van der Waals surface area contributed by atoms with E-state index in [9.17, 15) is 14.0 Å². The van der Waals surface area contributed by atoms with Crippen molar-refractivity contribution in [2.75, 3.05) is 5.32 Å². The highest BCUT2D eigenvalue weighted by Crippen LogP contribution is 2.48. The van der Waals surface area contributed by atoms with Gasteiger partial charge in [0.05, 0.1) is 11.3 Å². The predicted molar refractivity (Wildman–Crippen MR) is 123 cm³/mol. The SMILES string of the molecule is O=C(OCc1ccccc1)c1cccc([C@@H]2C[C@H]2C(=O)Nc2ccc3cnccc3c2F)c1. The van der Waals surface area contributed by atoms with E-state index in [2.05, 4.69) is 10.3 Å². The molecule has 0 bridgehead atoms. The number of pyridine rings is 1. The van der Waals surface area contributed by atoms with Crippen LogP contribution in [0.2, 0.25) is 0 Å². The molecule has 0 saturated heterocycles. The van der Waals surface area contributed by atoms with Crippen LogP contribution in [-0.4, -0.2) is 16.9 Å². The second-order valence-electron chi connectivity index (χ2n) is 8.15. The summed E-state index contributed by atoms with van der Waals surface area (Å²) in [5.41, 5.74) is 2.42. The third kappa shape index (κ3) is 4.46. The number of esters is 1. The molecule has 2 atom stereocenters. The molecule has 1 fully saturated rings. The summed E-state index contributed by atoms with van der Waals surface area (Å²) in [5.74, 6) is -1.39. The zero-order valence-electron chi connectivity index (χ0n) is 17.7. The Labute approximate surface area is 190 Å². The Hall–Kier alpha value is -4.06. The maximum atomic E-state index is 14.8. The van der Waals surface area contributed by atoms with Crippen molar-refractivity contribution in [3.63, 3.8) is 0 Å². The highest BCUT2D eigenvalue weighted by Gasteiger charge is 2.44. The summed E-state index contributed by atoms with van der Waals surface area (Å²) >= 11 is 0. The summed E-state index contributed by atoms with van der Waals surface area (Å²) in [4.78, 5) is 29.2. The fourth-order valence-electron chi connectivity index (χ4n) is 4.01. The molecule has 4 aromatic rings. The number of nitrogens with zero attached hydrogens (tertiary/aromatic N) is 1. The predicted octanol–water partition coefficient (Wildman–Crippen LogP) is 5.47. The smallest absolute Gasteiger partial charge is 0.338 e. The molecule has 5 rings (SSSR count). The van der Waals surface area contributed by atoms with Gasteiger partial charge in [0.1, 0.15) is 6.61 Å². The number of anilines is 1. The largest absolute Gasteiger partial charge is 0.457 e. The van der Waals surface area contributed by atoms with Crippen molar-refractivity contribution in [2.24, 2.45) is 5.92 Å². The zero-order chi connectivity index (χ0) is 22.8. The van der Waals surface area contributed by atoms with Crippen LogP contribution in [0.5, 0.6) is 0 Å². The molecule has 1 aliphatic carbocycles. The quantitative estimate of drug-likeness (QED) is 0.404. The fraction of sp³-hybridized carbons (Fsp3) is 0.148. The number of ether oxygens (including phenoxy) is 1. The number of halogens is 1. The molecule has 6 heteroatoms. The lowest BCUT2D eigenvalue weighted by molar-refractivity contribution is -0.117. The number of hydrogen-bond donors (Lipinski definition) is 1. The normalized spacial score (nSPS) is 16.9. The van der Waals surface area contributed by atoms with Crippen molar-refractivity contribution in [3.05, 3.63) is 108 Å². The van der Waals surface area contributed by atoms with Crippen LogP contribution >= 0.6 is 0 Å². The highest BCUT2D eigenvalue weighted by molar-refractivity contribution is 5.98. The maximum absolute atomic E-state index is 14.8. The number of fused-ring (bicyclic) bond motifs is 1. The molecule has 1 aliphatic rings. The van der Waals surface area contributed by atoms with Gasteiger partial charge in [-0.15, -0.1) is 0 Å². The van der Waals surface area contributed by atoms with Crippen LogP contribution in [0, 0.1) is 11.7 Å². The number of carbonyl (C=O) groups is 2. The van der Waals surface area contributed by atoms with E-state index in [1.165, 1.54) is 6.20 Å². The first-order chi connectivity index (χ1) is 16.1. The molecule has 1 aromatic heterocycles. The first-order valence-electron chi connectivity index (χ1n) is 10.7. The van der Waals surface area contributed by atoms with Crippen LogP contribution in [0.4, 0.5) is 10.1 Å². The van der Waals surface area contributed by atoms with Crippen LogP contribution < -0.4 is 5.32 Å². The Kier molecular flexibility index (Phi) is 5.57.